The molecule has 0 radical (unpaired) electrons. The van der Waals surface area contributed by atoms with E-state index in [0.29, 0.717) is 52.8 Å². The molecule has 4 rings (SSSR count). The Hall–Kier alpha value is -4.27. The van der Waals surface area contributed by atoms with Crippen LogP contribution >= 0.6 is 22.2 Å². The summed E-state index contributed by atoms with van der Waals surface area (Å²) in [4.78, 5) is 32.0. The van der Waals surface area contributed by atoms with Gasteiger partial charge in [-0.2, -0.15) is 46.8 Å². The summed E-state index contributed by atoms with van der Waals surface area (Å²) < 4.78 is 95.1. The number of rotatable bonds is 14. The summed E-state index contributed by atoms with van der Waals surface area (Å²) >= 11 is 1.36. The third kappa shape index (κ3) is 11.9. The summed E-state index contributed by atoms with van der Waals surface area (Å²) in [6, 6.07) is 9.68. The predicted molar refractivity (Wildman–Crippen MR) is 186 cm³/mol. The van der Waals surface area contributed by atoms with Gasteiger partial charge in [-0.1, -0.05) is 54.3 Å². The summed E-state index contributed by atoms with van der Waals surface area (Å²) in [5.74, 6) is 0.540. The Morgan fingerprint density at radius 2 is 1.25 bits per heavy atom. The molecule has 0 aliphatic heterocycles. The molecule has 2 amide bonds. The van der Waals surface area contributed by atoms with Crippen LogP contribution in [0.1, 0.15) is 74.9 Å². The lowest BCUT2D eigenvalue weighted by Gasteiger charge is -2.21. The molecule has 2 N–H and O–H groups in total. The maximum absolute atomic E-state index is 12.7. The highest BCUT2D eigenvalue weighted by atomic mass is 32.2. The molecule has 0 spiro atoms. The molecule has 3 atom stereocenters. The second-order valence-corrected chi connectivity index (χ2v) is 13.6. The van der Waals surface area contributed by atoms with E-state index >= 15 is 0 Å². The maximum atomic E-state index is 12.7. The van der Waals surface area contributed by atoms with Crippen molar-refractivity contribution in [3.05, 3.63) is 59.3 Å². The molecule has 0 fully saturated rings. The van der Waals surface area contributed by atoms with Crippen molar-refractivity contribution >= 4 is 39.9 Å². The quantitative estimate of drug-likeness (QED) is 0.0552. The second-order valence-electron chi connectivity index (χ2n) is 11.1. The van der Waals surface area contributed by atoms with E-state index in [0.717, 1.165) is 4.90 Å². The molecular formula is C33H38F6N6O6S2. The van der Waals surface area contributed by atoms with Crippen molar-refractivity contribution in [1.29, 1.82) is 0 Å². The van der Waals surface area contributed by atoms with Crippen molar-refractivity contribution in [2.24, 2.45) is 0 Å². The minimum atomic E-state index is -4.71. The zero-order valence-corrected chi connectivity index (χ0v) is 31.1. The standard InChI is InChI=1S/C17H20F3N3O3S.C16H18F3N3O3S/c1-5-6-13(24)21-15(25-2)11-8-7-10(9-12(11)27(3)4)14-22-16(26-23-14)17(18,19)20;1-4-5-12(23)20-14(24-2)10-7-6-9(8-11(10)26-3)13-21-15(25-22-13)16(17,18)19/h7-9,15H,3,5-6H2,1-2,4H3,(H,21,24);6-8,14H,4-5H2,1-3H3,(H,20,23). The lowest BCUT2D eigenvalue weighted by molar-refractivity contribution is -0.160. The fourth-order valence-electron chi connectivity index (χ4n) is 4.59. The van der Waals surface area contributed by atoms with Gasteiger partial charge in [-0.25, -0.2) is 0 Å². The van der Waals surface area contributed by atoms with Gasteiger partial charge in [0.2, 0.25) is 23.5 Å². The van der Waals surface area contributed by atoms with Gasteiger partial charge in [0.25, 0.3) is 0 Å². The van der Waals surface area contributed by atoms with E-state index in [2.05, 4.69) is 45.8 Å². The largest absolute Gasteiger partial charge is 0.471 e. The van der Waals surface area contributed by atoms with Crippen LogP contribution in [0.5, 0.6) is 0 Å². The number of nitrogens with one attached hydrogen (secondary N) is 2. The summed E-state index contributed by atoms with van der Waals surface area (Å²) in [5, 5.41) is 12.3. The number of methoxy groups -OCH3 is 2. The van der Waals surface area contributed by atoms with Crippen LogP contribution in [0, 0.1) is 0 Å². The molecule has 0 bridgehead atoms. The Morgan fingerprint density at radius 1 is 0.811 bits per heavy atom. The van der Waals surface area contributed by atoms with Crippen molar-refractivity contribution in [2.75, 3.05) is 26.7 Å². The van der Waals surface area contributed by atoms with E-state index in [1.165, 1.54) is 26.0 Å². The number of nitrogens with zero attached hydrogens (tertiary/aromatic N) is 4. The molecule has 0 saturated carbocycles. The minimum Gasteiger partial charge on any atom is -0.357 e. The van der Waals surface area contributed by atoms with Crippen molar-refractivity contribution in [3.63, 3.8) is 0 Å². The van der Waals surface area contributed by atoms with Gasteiger partial charge < -0.3 is 29.2 Å². The van der Waals surface area contributed by atoms with Crippen molar-refractivity contribution < 1.29 is 54.5 Å². The molecule has 290 valence electrons. The topological polar surface area (TPSA) is 154 Å². The summed E-state index contributed by atoms with van der Waals surface area (Å²) in [5.41, 5.74) is 2.08. The average Bonchev–Trinajstić information content (AvgIpc) is 3.82. The smallest absolute Gasteiger partial charge is 0.357 e. The fraction of sp³-hybridized carbons (Fsp3) is 0.424. The van der Waals surface area contributed by atoms with E-state index in [-0.39, 0.29) is 23.5 Å². The van der Waals surface area contributed by atoms with Gasteiger partial charge in [-0.05, 0) is 37.5 Å². The molecular weight excluding hydrogens is 755 g/mol. The van der Waals surface area contributed by atoms with Crippen molar-refractivity contribution in [1.82, 2.24) is 30.9 Å². The second kappa shape index (κ2) is 19.2. The first-order valence-electron chi connectivity index (χ1n) is 15.7. The fourth-order valence-corrected chi connectivity index (χ4v) is 6.15. The van der Waals surface area contributed by atoms with Gasteiger partial charge >= 0.3 is 24.1 Å². The third-order valence-corrected chi connectivity index (χ3v) is 8.95. The van der Waals surface area contributed by atoms with Gasteiger partial charge in [0.1, 0.15) is 0 Å². The monoisotopic (exact) mass is 792 g/mol. The third-order valence-electron chi connectivity index (χ3n) is 7.05. The molecule has 20 heteroatoms. The number of benzene rings is 2. The molecule has 53 heavy (non-hydrogen) atoms. The molecule has 0 saturated heterocycles. The SMILES string of the molecule is C=S(C)c1cc(-c2noc(C(F)(F)F)n2)ccc1C(NC(=O)CCC)OC.CCCC(=O)NC(OC)c1ccc(-c2noc(C(F)(F)F)n2)cc1SC. The van der Waals surface area contributed by atoms with Gasteiger partial charge in [0, 0.05) is 59.1 Å². The highest BCUT2D eigenvalue weighted by Crippen LogP contribution is 2.36. The molecule has 0 aliphatic carbocycles. The zero-order valence-electron chi connectivity index (χ0n) is 29.5. The summed E-state index contributed by atoms with van der Waals surface area (Å²) in [6.45, 7) is 3.78. The maximum Gasteiger partial charge on any atom is 0.471 e. The molecule has 0 aliphatic rings. The first-order valence-corrected chi connectivity index (χ1v) is 18.7. The normalized spacial score (nSPS) is 13.4. The Bertz CT molecular complexity index is 1870. The lowest BCUT2D eigenvalue weighted by atomic mass is 10.1. The van der Waals surface area contributed by atoms with Crippen LogP contribution in [0.3, 0.4) is 0 Å². The van der Waals surface area contributed by atoms with Crippen LogP contribution in [0.25, 0.3) is 22.8 Å². The van der Waals surface area contributed by atoms with Gasteiger partial charge in [0.15, 0.2) is 12.5 Å². The average molecular weight is 793 g/mol. The van der Waals surface area contributed by atoms with E-state index in [4.69, 9.17) is 9.47 Å². The number of ether oxygens (including phenoxy) is 2. The highest BCUT2D eigenvalue weighted by molar-refractivity contribution is 8.13. The molecule has 4 aromatic rings. The number of alkyl halides is 6. The Labute approximate surface area is 307 Å². The number of thioether (sulfide) groups is 1. The van der Waals surface area contributed by atoms with Crippen LogP contribution in [0.2, 0.25) is 0 Å². The Balaban J connectivity index is 0.000000286. The van der Waals surface area contributed by atoms with E-state index < -0.39 is 47.1 Å². The molecule has 2 heterocycles. The van der Waals surface area contributed by atoms with Crippen LogP contribution in [0.15, 0.2) is 55.2 Å². The molecule has 2 aromatic carbocycles. The Kier molecular flexibility index (Phi) is 15.6. The van der Waals surface area contributed by atoms with Gasteiger partial charge in [-0.15, -0.1) is 11.8 Å². The van der Waals surface area contributed by atoms with E-state index in [1.54, 1.807) is 42.7 Å². The number of hydrogen-bond acceptors (Lipinski definition) is 11. The first-order chi connectivity index (χ1) is 25.0. The number of hydrogen-bond donors (Lipinski definition) is 2. The first kappa shape index (κ1) is 43.1. The minimum absolute atomic E-state index is 0.150. The number of carbonyl (C=O) groups excluding carboxylic acids is 2. The summed E-state index contributed by atoms with van der Waals surface area (Å²) in [7, 11) is 2.41. The van der Waals surface area contributed by atoms with Crippen LogP contribution in [-0.2, 0) is 31.4 Å². The number of halogens is 6. The number of carbonyl (C=O) groups is 2. The van der Waals surface area contributed by atoms with Crippen molar-refractivity contribution in [2.45, 2.75) is 74.1 Å². The van der Waals surface area contributed by atoms with Crippen LogP contribution in [0.4, 0.5) is 26.3 Å². The zero-order chi connectivity index (χ0) is 39.5. The van der Waals surface area contributed by atoms with E-state index in [9.17, 15) is 35.9 Å². The molecule has 12 nitrogen and oxygen atoms in total. The highest BCUT2D eigenvalue weighted by Gasteiger charge is 2.39. The van der Waals surface area contributed by atoms with Crippen LogP contribution in [-0.4, -0.2) is 64.7 Å². The van der Waals surface area contributed by atoms with Gasteiger partial charge in [-0.3, -0.25) is 9.59 Å². The van der Waals surface area contributed by atoms with Gasteiger partial charge in [0.05, 0.1) is 0 Å². The number of amides is 2. The summed E-state index contributed by atoms with van der Waals surface area (Å²) in [6.07, 6.45) is -4.98. The van der Waals surface area contributed by atoms with E-state index in [1.807, 2.05) is 20.1 Å². The molecule has 3 unspecified atom stereocenters. The number of aromatic nitrogens is 4. The van der Waals surface area contributed by atoms with Crippen molar-refractivity contribution in [3.8, 4) is 22.8 Å². The lowest BCUT2D eigenvalue weighted by Crippen LogP contribution is -2.29. The molecule has 2 aromatic heterocycles. The predicted octanol–water partition coefficient (Wildman–Crippen LogP) is 8.04. The Morgan fingerprint density at radius 3 is 1.62 bits per heavy atom. The van der Waals surface area contributed by atoms with Crippen LogP contribution < -0.4 is 10.6 Å².